The molecule has 4 heteroatoms. The van der Waals surface area contributed by atoms with Crippen LogP contribution in [0.15, 0.2) is 12.7 Å². The van der Waals surface area contributed by atoms with E-state index in [0.717, 1.165) is 12.2 Å². The quantitative estimate of drug-likeness (QED) is 0.365. The molecule has 0 radical (unpaired) electrons. The first-order chi connectivity index (χ1) is 7.72. The van der Waals surface area contributed by atoms with Gasteiger partial charge in [0.25, 0.3) is 0 Å². The Hall–Kier alpha value is -0.480. The number of esters is 1. The minimum Gasteiger partial charge on any atom is -0.465 e. The zero-order valence-corrected chi connectivity index (χ0v) is 10.9. The molecule has 2 N–H and O–H groups in total. The Morgan fingerprint density at radius 1 is 1.50 bits per heavy atom. The molecule has 0 saturated carbocycles. The minimum atomic E-state index is -0.474. The van der Waals surface area contributed by atoms with Crippen LogP contribution in [0.25, 0.3) is 0 Å². The highest BCUT2D eigenvalue weighted by molar-refractivity contribution is 7.99. The van der Waals surface area contributed by atoms with Crippen LogP contribution in [0.3, 0.4) is 0 Å². The molecule has 0 saturated heterocycles. The van der Waals surface area contributed by atoms with E-state index in [-0.39, 0.29) is 5.97 Å². The van der Waals surface area contributed by atoms with Gasteiger partial charge in [0, 0.05) is 5.75 Å². The molecule has 0 aliphatic rings. The lowest BCUT2D eigenvalue weighted by Crippen LogP contribution is -2.34. The average molecular weight is 245 g/mol. The third kappa shape index (κ3) is 8.80. The van der Waals surface area contributed by atoms with Crippen LogP contribution in [-0.4, -0.2) is 30.1 Å². The van der Waals surface area contributed by atoms with Gasteiger partial charge >= 0.3 is 5.97 Å². The predicted octanol–water partition coefficient (Wildman–Crippen LogP) is 2.36. The summed E-state index contributed by atoms with van der Waals surface area (Å²) in [6.45, 7) is 5.87. The molecule has 0 bridgehead atoms. The van der Waals surface area contributed by atoms with E-state index in [4.69, 9.17) is 10.5 Å². The van der Waals surface area contributed by atoms with Crippen LogP contribution < -0.4 is 5.73 Å². The highest BCUT2D eigenvalue weighted by Gasteiger charge is 2.13. The van der Waals surface area contributed by atoms with E-state index in [1.807, 2.05) is 6.08 Å². The van der Waals surface area contributed by atoms with Gasteiger partial charge in [-0.3, -0.25) is 4.79 Å². The standard InChI is InChI=1S/C12H23NO2S/c1-3-5-6-7-8-9-16-10-11(13)12(14)15-4-2/h3,11H,1,4-10,13H2,2H3. The number of rotatable bonds is 10. The van der Waals surface area contributed by atoms with Crippen LogP contribution in [0.2, 0.25) is 0 Å². The first-order valence-electron chi connectivity index (χ1n) is 5.83. The first kappa shape index (κ1) is 15.5. The number of thioether (sulfide) groups is 1. The van der Waals surface area contributed by atoms with E-state index in [0.29, 0.717) is 12.4 Å². The topological polar surface area (TPSA) is 52.3 Å². The summed E-state index contributed by atoms with van der Waals surface area (Å²) in [6.07, 6.45) is 6.63. The lowest BCUT2D eigenvalue weighted by atomic mass is 10.2. The molecular formula is C12H23NO2S. The number of ether oxygens (including phenoxy) is 1. The second kappa shape index (κ2) is 11.0. The number of carbonyl (C=O) groups excluding carboxylic acids is 1. The van der Waals surface area contributed by atoms with Crippen LogP contribution in [0.1, 0.15) is 32.6 Å². The summed E-state index contributed by atoms with van der Waals surface area (Å²) in [7, 11) is 0. The van der Waals surface area contributed by atoms with Crippen LogP contribution in [0, 0.1) is 0 Å². The molecule has 0 spiro atoms. The van der Waals surface area contributed by atoms with E-state index < -0.39 is 6.04 Å². The Labute approximate surface area is 103 Å². The number of hydrogen-bond donors (Lipinski definition) is 1. The highest BCUT2D eigenvalue weighted by Crippen LogP contribution is 2.09. The number of allylic oxidation sites excluding steroid dienone is 1. The summed E-state index contributed by atoms with van der Waals surface area (Å²) >= 11 is 1.72. The summed E-state index contributed by atoms with van der Waals surface area (Å²) in [5.74, 6) is 1.42. The zero-order chi connectivity index (χ0) is 12.2. The van der Waals surface area contributed by atoms with Gasteiger partial charge in [0.05, 0.1) is 6.61 Å². The monoisotopic (exact) mass is 245 g/mol. The molecule has 3 nitrogen and oxygen atoms in total. The molecule has 1 atom stereocenters. The molecule has 0 aliphatic heterocycles. The normalized spacial score (nSPS) is 12.1. The van der Waals surface area contributed by atoms with Gasteiger partial charge in [-0.15, -0.1) is 6.58 Å². The van der Waals surface area contributed by atoms with Gasteiger partial charge in [0.2, 0.25) is 0 Å². The summed E-state index contributed by atoms with van der Waals surface area (Å²) < 4.78 is 4.83. The molecule has 94 valence electrons. The molecular weight excluding hydrogens is 222 g/mol. The molecule has 0 rings (SSSR count). The molecule has 0 aromatic carbocycles. The zero-order valence-electron chi connectivity index (χ0n) is 10.1. The van der Waals surface area contributed by atoms with Crippen molar-refractivity contribution in [2.24, 2.45) is 5.73 Å². The summed E-state index contributed by atoms with van der Waals surface area (Å²) in [6, 6.07) is -0.474. The lowest BCUT2D eigenvalue weighted by Gasteiger charge is -2.09. The van der Waals surface area contributed by atoms with Gasteiger partial charge in [-0.1, -0.05) is 12.5 Å². The Balaban J connectivity index is 3.30. The van der Waals surface area contributed by atoms with Crippen LogP contribution in [0.5, 0.6) is 0 Å². The second-order valence-electron chi connectivity index (χ2n) is 3.57. The number of nitrogens with two attached hydrogens (primary N) is 1. The molecule has 16 heavy (non-hydrogen) atoms. The third-order valence-electron chi connectivity index (χ3n) is 2.08. The van der Waals surface area contributed by atoms with Gasteiger partial charge in [-0.2, -0.15) is 11.8 Å². The Morgan fingerprint density at radius 2 is 2.25 bits per heavy atom. The van der Waals surface area contributed by atoms with E-state index in [1.54, 1.807) is 18.7 Å². The Bertz CT molecular complexity index is 197. The van der Waals surface area contributed by atoms with Crippen molar-refractivity contribution in [3.8, 4) is 0 Å². The van der Waals surface area contributed by atoms with E-state index >= 15 is 0 Å². The third-order valence-corrected chi connectivity index (χ3v) is 3.26. The summed E-state index contributed by atoms with van der Waals surface area (Å²) in [5, 5.41) is 0. The van der Waals surface area contributed by atoms with Gasteiger partial charge < -0.3 is 10.5 Å². The van der Waals surface area contributed by atoms with Gasteiger partial charge in [0.15, 0.2) is 0 Å². The average Bonchev–Trinajstić information content (AvgIpc) is 2.28. The summed E-state index contributed by atoms with van der Waals surface area (Å²) in [5.41, 5.74) is 5.66. The van der Waals surface area contributed by atoms with Gasteiger partial charge in [0.1, 0.15) is 6.04 Å². The Morgan fingerprint density at radius 3 is 2.88 bits per heavy atom. The van der Waals surface area contributed by atoms with Crippen molar-refractivity contribution in [3.05, 3.63) is 12.7 Å². The summed E-state index contributed by atoms with van der Waals surface area (Å²) in [4.78, 5) is 11.2. The van der Waals surface area contributed by atoms with E-state index in [2.05, 4.69) is 6.58 Å². The number of hydrogen-bond acceptors (Lipinski definition) is 4. The maximum absolute atomic E-state index is 11.2. The fourth-order valence-corrected chi connectivity index (χ4v) is 2.16. The van der Waals surface area contributed by atoms with Crippen molar-refractivity contribution >= 4 is 17.7 Å². The lowest BCUT2D eigenvalue weighted by molar-refractivity contribution is -0.144. The van der Waals surface area contributed by atoms with Gasteiger partial charge in [-0.05, 0) is 31.9 Å². The van der Waals surface area contributed by atoms with Crippen LogP contribution in [-0.2, 0) is 9.53 Å². The minimum absolute atomic E-state index is 0.290. The SMILES string of the molecule is C=CCCCCCSCC(N)C(=O)OCC. The van der Waals surface area contributed by atoms with E-state index in [1.165, 1.54) is 19.3 Å². The van der Waals surface area contributed by atoms with Crippen molar-refractivity contribution in [1.29, 1.82) is 0 Å². The van der Waals surface area contributed by atoms with Gasteiger partial charge in [-0.25, -0.2) is 0 Å². The molecule has 0 aromatic rings. The van der Waals surface area contributed by atoms with Crippen molar-refractivity contribution in [2.45, 2.75) is 38.6 Å². The Kier molecular flexibility index (Phi) is 10.7. The largest absolute Gasteiger partial charge is 0.465 e. The molecule has 0 fully saturated rings. The second-order valence-corrected chi connectivity index (χ2v) is 4.72. The molecule has 0 aliphatic carbocycles. The van der Waals surface area contributed by atoms with Crippen molar-refractivity contribution < 1.29 is 9.53 Å². The van der Waals surface area contributed by atoms with Crippen molar-refractivity contribution in [1.82, 2.24) is 0 Å². The number of unbranched alkanes of at least 4 members (excludes halogenated alkanes) is 3. The fraction of sp³-hybridized carbons (Fsp3) is 0.750. The smallest absolute Gasteiger partial charge is 0.323 e. The number of carbonyl (C=O) groups is 1. The molecule has 1 unspecified atom stereocenters. The predicted molar refractivity (Wildman–Crippen MR) is 70.6 cm³/mol. The molecule has 0 amide bonds. The maximum Gasteiger partial charge on any atom is 0.323 e. The van der Waals surface area contributed by atoms with Crippen molar-refractivity contribution in [2.75, 3.05) is 18.1 Å². The first-order valence-corrected chi connectivity index (χ1v) is 6.98. The fourth-order valence-electron chi connectivity index (χ4n) is 1.20. The molecule has 0 heterocycles. The maximum atomic E-state index is 11.2. The molecule has 0 aromatic heterocycles. The van der Waals surface area contributed by atoms with E-state index in [9.17, 15) is 4.79 Å². The highest BCUT2D eigenvalue weighted by atomic mass is 32.2. The van der Waals surface area contributed by atoms with Crippen molar-refractivity contribution in [3.63, 3.8) is 0 Å². The van der Waals surface area contributed by atoms with Crippen LogP contribution in [0.4, 0.5) is 0 Å². The van der Waals surface area contributed by atoms with Crippen LogP contribution >= 0.6 is 11.8 Å².